The normalized spacial score (nSPS) is 18.8. The van der Waals surface area contributed by atoms with Crippen LogP contribution in [-0.4, -0.2) is 132 Å². The number of hydrogen-bond acceptors (Lipinski definition) is 15. The fourth-order valence-electron chi connectivity index (χ4n) is 14.5. The Labute approximate surface area is 623 Å². The first-order valence-electron chi connectivity index (χ1n) is 36.0. The number of hydrogen-bond donors (Lipinski definition) is 6. The van der Waals surface area contributed by atoms with Crippen molar-refractivity contribution in [1.82, 2.24) is 74.3 Å². The molecule has 9 N–H and O–H groups in total. The summed E-state index contributed by atoms with van der Waals surface area (Å²) in [7, 11) is 0. The molecule has 1 saturated carbocycles. The summed E-state index contributed by atoms with van der Waals surface area (Å²) in [5.41, 5.74) is 26.0. The van der Waals surface area contributed by atoms with Crippen molar-refractivity contribution in [2.45, 2.75) is 156 Å². The van der Waals surface area contributed by atoms with Crippen LogP contribution in [0.5, 0.6) is 0 Å². The zero-order valence-electron chi connectivity index (χ0n) is 62.2. The second-order valence-electron chi connectivity index (χ2n) is 28.7. The largest absolute Gasteiger partial charge is 0.383 e. The van der Waals surface area contributed by atoms with Gasteiger partial charge in [-0.05, 0) is 154 Å². The van der Waals surface area contributed by atoms with Gasteiger partial charge in [0.25, 0.3) is 17.7 Å². The van der Waals surface area contributed by atoms with Crippen molar-refractivity contribution in [3.8, 4) is 35.5 Å². The third-order valence-electron chi connectivity index (χ3n) is 20.0. The van der Waals surface area contributed by atoms with Gasteiger partial charge in [0.2, 0.25) is 17.7 Å². The number of rotatable bonds is 15. The van der Waals surface area contributed by atoms with E-state index in [1.165, 1.54) is 37.2 Å². The number of likely N-dealkylation sites (tertiary alicyclic amines) is 3. The van der Waals surface area contributed by atoms with Crippen LogP contribution in [0.15, 0.2) is 148 Å². The van der Waals surface area contributed by atoms with E-state index in [4.69, 9.17) is 17.2 Å². The van der Waals surface area contributed by atoms with Crippen LogP contribution in [0.4, 0.5) is 17.5 Å². The topological polar surface area (TPSA) is 318 Å². The molecule has 0 unspecified atom stereocenters. The van der Waals surface area contributed by atoms with Crippen LogP contribution >= 0.6 is 0 Å². The molecule has 3 aliphatic heterocycles. The average Bonchev–Trinajstić information content (AvgIpc) is 1.60. The molecule has 0 spiro atoms. The lowest BCUT2D eigenvalue weighted by Crippen LogP contribution is -2.32. The monoisotopic (exact) mass is 1440 g/mol. The quantitative estimate of drug-likeness (QED) is 0.0410. The zero-order chi connectivity index (χ0) is 76.7. The maximum absolute atomic E-state index is 13.9. The third kappa shape index (κ3) is 16.2. The van der Waals surface area contributed by atoms with Gasteiger partial charge in [0, 0.05) is 49.1 Å². The number of carbonyl (C=O) groups excluding carboxylic acids is 6. The SMILES string of the molecule is C=CC(=O)N1C[C@H](n2c(C#CC(C)(C)C)c(C(=O)N[C@H](C)c3ccccc3)c3c(N)ncnc32)C[C@@H]1C.C=CC(=O)N1C[C@H](n2c(C#CC)c(C(=O)N[C@H](C)c3ccccc3)c3c(N)ncnc32)C[C@@H]1C.C=CC(=O)N1C[C@H](n2c(C#CC3CC3)c(C(=O)N[C@H](C)c3ccccc3)c3c(N)ncnc32)C[C@@H]1C. The zero-order valence-corrected chi connectivity index (χ0v) is 62.2. The number of fused-ring (bicyclic) bond motifs is 3. The summed E-state index contributed by atoms with van der Waals surface area (Å²) in [5, 5.41) is 10.7. The Morgan fingerprint density at radius 2 is 0.776 bits per heavy atom. The first kappa shape index (κ1) is 75.8. The summed E-state index contributed by atoms with van der Waals surface area (Å²) in [6.45, 7) is 31.9. The van der Waals surface area contributed by atoms with Gasteiger partial charge >= 0.3 is 0 Å². The number of nitrogens with two attached hydrogens (primary N) is 3. The van der Waals surface area contributed by atoms with Gasteiger partial charge in [0.05, 0.1) is 69.1 Å². The van der Waals surface area contributed by atoms with E-state index in [2.05, 4.69) is 101 Å². The van der Waals surface area contributed by atoms with Gasteiger partial charge in [-0.3, -0.25) is 28.8 Å². The van der Waals surface area contributed by atoms with E-state index in [1.54, 1.807) is 21.6 Å². The van der Waals surface area contributed by atoms with E-state index in [0.29, 0.717) is 112 Å². The fraction of sp³-hybridized carbons (Fsp3) is 0.349. The van der Waals surface area contributed by atoms with Crippen molar-refractivity contribution in [3.05, 3.63) is 198 Å². The van der Waals surface area contributed by atoms with Crippen LogP contribution in [0.1, 0.15) is 202 Å². The average molecular weight is 1440 g/mol. The fourth-order valence-corrected chi connectivity index (χ4v) is 14.5. The van der Waals surface area contributed by atoms with Gasteiger partial charge < -0.3 is 61.6 Å². The van der Waals surface area contributed by atoms with Crippen LogP contribution in [0.25, 0.3) is 33.1 Å². The number of benzene rings is 3. The lowest BCUT2D eigenvalue weighted by molar-refractivity contribution is -0.127. The van der Waals surface area contributed by atoms with Crippen molar-refractivity contribution in [3.63, 3.8) is 0 Å². The number of aromatic nitrogens is 9. The molecule has 13 rings (SSSR count). The van der Waals surface area contributed by atoms with Crippen molar-refractivity contribution in [1.29, 1.82) is 0 Å². The molecule has 3 saturated heterocycles. The van der Waals surface area contributed by atoms with Crippen molar-refractivity contribution in [2.24, 2.45) is 11.3 Å². The molecule has 1 aliphatic carbocycles. The van der Waals surface area contributed by atoms with E-state index in [1.807, 2.05) is 167 Å². The molecule has 24 nitrogen and oxygen atoms in total. The summed E-state index contributed by atoms with van der Waals surface area (Å²) in [6, 6.07) is 28.2. The molecule has 6 amide bonds. The summed E-state index contributed by atoms with van der Waals surface area (Å²) in [5.74, 6) is 19.0. The van der Waals surface area contributed by atoms with Crippen molar-refractivity contribution in [2.75, 3.05) is 36.8 Å². The molecule has 6 aromatic heterocycles. The smallest absolute Gasteiger partial charge is 0.255 e. The molecule has 9 aromatic rings. The lowest BCUT2D eigenvalue weighted by Gasteiger charge is -2.19. The Balaban J connectivity index is 0.000000160. The number of nitrogen functional groups attached to an aromatic ring is 3. The lowest BCUT2D eigenvalue weighted by atomic mass is 9.97. The Morgan fingerprint density at radius 1 is 0.477 bits per heavy atom. The molecule has 3 aromatic carbocycles. The minimum Gasteiger partial charge on any atom is -0.383 e. The number of nitrogens with zero attached hydrogens (tertiary/aromatic N) is 12. The highest BCUT2D eigenvalue weighted by atomic mass is 16.2. The maximum atomic E-state index is 13.9. The Bertz CT molecular complexity index is 5130. The summed E-state index contributed by atoms with van der Waals surface area (Å²) in [4.78, 5) is 110. The van der Waals surface area contributed by atoms with E-state index in [9.17, 15) is 28.8 Å². The molecule has 0 radical (unpaired) electrons. The first-order valence-corrected chi connectivity index (χ1v) is 36.0. The van der Waals surface area contributed by atoms with E-state index < -0.39 is 0 Å². The molecule has 4 aliphatic rings. The van der Waals surface area contributed by atoms with Gasteiger partial charge in [-0.2, -0.15) is 0 Å². The maximum Gasteiger partial charge on any atom is 0.255 e. The second kappa shape index (κ2) is 32.3. The molecule has 550 valence electrons. The molecular weight excluding hydrogens is 1350 g/mol. The highest BCUT2D eigenvalue weighted by Crippen LogP contribution is 2.41. The van der Waals surface area contributed by atoms with Gasteiger partial charge in [-0.1, -0.05) is 128 Å². The van der Waals surface area contributed by atoms with Gasteiger partial charge in [-0.25, -0.2) is 29.9 Å². The Morgan fingerprint density at radius 3 is 1.06 bits per heavy atom. The van der Waals surface area contributed by atoms with Crippen LogP contribution in [0, 0.1) is 46.9 Å². The number of amides is 6. The van der Waals surface area contributed by atoms with Crippen molar-refractivity contribution < 1.29 is 28.8 Å². The summed E-state index contributed by atoms with van der Waals surface area (Å²) < 4.78 is 5.91. The molecule has 9 heterocycles. The Kier molecular flexibility index (Phi) is 22.9. The van der Waals surface area contributed by atoms with Gasteiger partial charge in [0.15, 0.2) is 0 Å². The first-order chi connectivity index (χ1) is 51.3. The van der Waals surface area contributed by atoms with Crippen molar-refractivity contribution >= 4 is 86.0 Å². The highest BCUT2D eigenvalue weighted by molar-refractivity contribution is 6.14. The van der Waals surface area contributed by atoms with E-state index in [-0.39, 0.29) is 113 Å². The Hall–Kier alpha value is -12.4. The van der Waals surface area contributed by atoms with E-state index >= 15 is 0 Å². The van der Waals surface area contributed by atoms with E-state index in [0.717, 1.165) is 29.5 Å². The van der Waals surface area contributed by atoms with Crippen LogP contribution in [0.3, 0.4) is 0 Å². The minimum atomic E-state index is -0.308. The minimum absolute atomic E-state index is 0.00458. The number of anilines is 3. The molecule has 107 heavy (non-hydrogen) atoms. The molecular formula is C83H92N18O6. The molecule has 24 heteroatoms. The molecule has 9 atom stereocenters. The van der Waals surface area contributed by atoms with Gasteiger partial charge in [-0.15, -0.1) is 0 Å². The standard InChI is InChI=1S/C29H34N6O2.C28H30N6O2.C26H28N6O2/c1-7-23(36)34-16-21(15-18(34)2)35-22(13-14-29(4,5)6)24(25-26(30)31-17-32-27(25)35)28(37)33-19(3)20-11-9-8-10-12-20;1-4-23(35)33-15-21(14-17(33)2)34-22(13-12-19-10-11-19)24(25-26(29)30-16-31-27(25)34)28(36)32-18(3)20-8-6-5-7-9-20;1-5-10-20-22(26(34)30-17(4)18-11-8-7-9-12-18)23-24(27)28-15-29-25(23)32(20)19-13-16(3)31(14-19)21(33)6-2/h7-12,17-19,21H,1,15-16H2,2-6H3,(H,33,37)(H2,30,31,32);4-9,16-19,21H,1,10-11,14-15H2,2-3H3,(H,32,36)(H2,29,30,31);6-9,11-12,15-17,19H,2,13-14H2,1,3-4H3,(H,30,34)(H2,27,28,29)/t18-,19+,21+;17-,18+,21+;16-,17+,19+/m000/s1. The molecule has 0 bridgehead atoms. The predicted molar refractivity (Wildman–Crippen MR) is 416 cm³/mol. The predicted octanol–water partition coefficient (Wildman–Crippen LogP) is 11.1. The highest BCUT2D eigenvalue weighted by Gasteiger charge is 2.41. The van der Waals surface area contributed by atoms with Gasteiger partial charge in [0.1, 0.15) is 70.5 Å². The number of nitrogens with one attached hydrogen (secondary N) is 3. The van der Waals surface area contributed by atoms with Crippen LogP contribution in [0.2, 0.25) is 0 Å². The second-order valence-corrected chi connectivity index (χ2v) is 28.7. The van der Waals surface area contributed by atoms with Crippen LogP contribution in [-0.2, 0) is 14.4 Å². The molecule has 4 fully saturated rings. The third-order valence-corrected chi connectivity index (χ3v) is 20.0. The van der Waals surface area contributed by atoms with Crippen LogP contribution < -0.4 is 33.2 Å². The summed E-state index contributed by atoms with van der Waals surface area (Å²) >= 11 is 0. The summed E-state index contributed by atoms with van der Waals surface area (Å²) in [6.07, 6.45) is 12.4. The number of carbonyl (C=O) groups is 6.